The number of nitrogens with zero attached hydrogens (tertiary/aromatic N) is 2. The molecule has 0 spiro atoms. The molecule has 3 rings (SSSR count). The van der Waals surface area contributed by atoms with E-state index in [0.29, 0.717) is 10.7 Å². The summed E-state index contributed by atoms with van der Waals surface area (Å²) in [4.78, 5) is 23.2. The Balaban J connectivity index is 1.76. The zero-order valence-electron chi connectivity index (χ0n) is 16.1. The lowest BCUT2D eigenvalue weighted by Gasteiger charge is -2.11. The second kappa shape index (κ2) is 9.02. The summed E-state index contributed by atoms with van der Waals surface area (Å²) in [6.45, 7) is 3.79. The number of aromatic carboxylic acids is 1. The lowest BCUT2D eigenvalue weighted by molar-refractivity contribution is 0.0697. The first kappa shape index (κ1) is 21.4. The van der Waals surface area contributed by atoms with E-state index in [-0.39, 0.29) is 10.6 Å². The summed E-state index contributed by atoms with van der Waals surface area (Å²) in [5.74, 6) is -1.08. The minimum Gasteiger partial charge on any atom is -0.478 e. The van der Waals surface area contributed by atoms with Crippen LogP contribution < -0.4 is 10.7 Å². The Bertz CT molecular complexity index is 1160. The van der Waals surface area contributed by atoms with Crippen LogP contribution in [0.2, 0.25) is 10.0 Å². The van der Waals surface area contributed by atoms with Gasteiger partial charge in [0.2, 0.25) is 0 Å². The number of aromatic nitrogens is 1. The number of halogens is 2. The molecule has 0 aliphatic carbocycles. The molecule has 9 heteroatoms. The van der Waals surface area contributed by atoms with Crippen LogP contribution in [0.4, 0.5) is 10.5 Å². The minimum absolute atomic E-state index is 0.0402. The highest BCUT2D eigenvalue weighted by atomic mass is 35.5. The van der Waals surface area contributed by atoms with E-state index in [1.807, 2.05) is 24.5 Å². The average Bonchev–Trinajstić information content (AvgIpc) is 2.96. The first-order valence-electron chi connectivity index (χ1n) is 8.84. The highest BCUT2D eigenvalue weighted by Gasteiger charge is 2.13. The number of nitrogens with one attached hydrogen (secondary N) is 2. The first-order chi connectivity index (χ1) is 14.3. The van der Waals surface area contributed by atoms with Gasteiger partial charge in [0.05, 0.1) is 27.5 Å². The molecule has 2 aromatic carbocycles. The van der Waals surface area contributed by atoms with E-state index < -0.39 is 12.0 Å². The highest BCUT2D eigenvalue weighted by Crippen LogP contribution is 2.25. The van der Waals surface area contributed by atoms with Gasteiger partial charge in [-0.1, -0.05) is 35.3 Å². The molecule has 30 heavy (non-hydrogen) atoms. The Hall–Kier alpha value is -3.29. The number of carboxylic acids is 1. The van der Waals surface area contributed by atoms with Gasteiger partial charge >= 0.3 is 12.0 Å². The molecule has 0 aliphatic rings. The maximum atomic E-state index is 12.0. The second-order valence-electron chi connectivity index (χ2n) is 6.44. The van der Waals surface area contributed by atoms with E-state index >= 15 is 0 Å². The van der Waals surface area contributed by atoms with Crippen LogP contribution in [0.25, 0.3) is 5.69 Å². The van der Waals surface area contributed by atoms with Crippen molar-refractivity contribution >= 4 is 47.1 Å². The number of rotatable bonds is 5. The van der Waals surface area contributed by atoms with Crippen LogP contribution in [0, 0.1) is 13.8 Å². The lowest BCUT2D eigenvalue weighted by Crippen LogP contribution is -2.24. The predicted octanol–water partition coefficient (Wildman–Crippen LogP) is 5.25. The molecule has 0 fully saturated rings. The molecular weight excluding hydrogens is 427 g/mol. The van der Waals surface area contributed by atoms with Gasteiger partial charge in [0.1, 0.15) is 0 Å². The lowest BCUT2D eigenvalue weighted by atomic mass is 10.2. The molecule has 3 N–H and O–H groups in total. The van der Waals surface area contributed by atoms with Gasteiger partial charge in [-0.2, -0.15) is 5.10 Å². The minimum atomic E-state index is -1.08. The number of hydrogen-bond donors (Lipinski definition) is 3. The number of aryl methyl sites for hydroxylation is 1. The molecule has 0 bridgehead atoms. The van der Waals surface area contributed by atoms with Gasteiger partial charge in [0.25, 0.3) is 0 Å². The first-order valence-corrected chi connectivity index (χ1v) is 9.60. The predicted molar refractivity (Wildman–Crippen MR) is 118 cm³/mol. The summed E-state index contributed by atoms with van der Waals surface area (Å²) in [5.41, 5.74) is 6.17. The maximum absolute atomic E-state index is 12.0. The number of benzene rings is 2. The van der Waals surface area contributed by atoms with Crippen molar-refractivity contribution in [3.05, 3.63) is 81.1 Å². The van der Waals surface area contributed by atoms with Gasteiger partial charge in [-0.05, 0) is 50.2 Å². The number of carbonyl (C=O) groups is 2. The van der Waals surface area contributed by atoms with E-state index in [1.165, 1.54) is 12.3 Å². The van der Waals surface area contributed by atoms with Gasteiger partial charge in [0, 0.05) is 22.6 Å². The molecule has 1 aromatic heterocycles. The molecule has 0 aliphatic heterocycles. The van der Waals surface area contributed by atoms with Crippen molar-refractivity contribution in [2.75, 3.05) is 5.32 Å². The number of anilines is 1. The number of carboxylic acid groups (broad SMARTS) is 1. The smallest absolute Gasteiger partial charge is 0.339 e. The molecule has 7 nitrogen and oxygen atoms in total. The molecule has 2 amide bonds. The van der Waals surface area contributed by atoms with Gasteiger partial charge in [-0.15, -0.1) is 0 Å². The highest BCUT2D eigenvalue weighted by molar-refractivity contribution is 6.34. The molecular formula is C21H18Cl2N4O3. The van der Waals surface area contributed by atoms with Crippen molar-refractivity contribution in [2.24, 2.45) is 5.10 Å². The van der Waals surface area contributed by atoms with E-state index in [4.69, 9.17) is 28.3 Å². The van der Waals surface area contributed by atoms with Crippen LogP contribution in [0.3, 0.4) is 0 Å². The van der Waals surface area contributed by atoms with Crippen LogP contribution in [0.1, 0.15) is 27.3 Å². The zero-order valence-corrected chi connectivity index (χ0v) is 17.6. The Labute approximate surface area is 182 Å². The molecule has 0 radical (unpaired) electrons. The summed E-state index contributed by atoms with van der Waals surface area (Å²) in [5, 5.41) is 16.3. The van der Waals surface area contributed by atoms with Crippen molar-refractivity contribution in [1.29, 1.82) is 0 Å². The molecule has 0 saturated carbocycles. The van der Waals surface area contributed by atoms with Crippen LogP contribution in [0.5, 0.6) is 0 Å². The van der Waals surface area contributed by atoms with Crippen LogP contribution in [-0.2, 0) is 0 Å². The Morgan fingerprint density at radius 3 is 2.47 bits per heavy atom. The van der Waals surface area contributed by atoms with Crippen molar-refractivity contribution < 1.29 is 14.7 Å². The monoisotopic (exact) mass is 444 g/mol. The Kier molecular flexibility index (Phi) is 6.44. The largest absolute Gasteiger partial charge is 0.478 e. The molecule has 0 saturated heterocycles. The number of para-hydroxylation sites is 1. The van der Waals surface area contributed by atoms with Crippen molar-refractivity contribution in [3.8, 4) is 5.69 Å². The number of urea groups is 1. The topological polar surface area (TPSA) is 95.7 Å². The quantitative estimate of drug-likeness (QED) is 0.370. The standard InChI is InChI=1S/C21H18Cl2N4O3/c1-12-9-14(11-24-26-21(30)25-19-6-4-3-5-17(19)22)13(2)27(12)15-7-8-16(20(28)29)18(23)10-15/h3-11H,1-2H3,(H,28,29)(H2,25,26,30)/b24-11+. The summed E-state index contributed by atoms with van der Waals surface area (Å²) >= 11 is 12.1. The molecule has 154 valence electrons. The number of carbonyl (C=O) groups excluding carboxylic acids is 1. The summed E-state index contributed by atoms with van der Waals surface area (Å²) in [6, 6.07) is 13.0. The van der Waals surface area contributed by atoms with E-state index in [9.17, 15) is 9.59 Å². The SMILES string of the molecule is Cc1cc(/C=N/NC(=O)Nc2ccccc2Cl)c(C)n1-c1ccc(C(=O)O)c(Cl)c1. The summed E-state index contributed by atoms with van der Waals surface area (Å²) in [7, 11) is 0. The number of hydrazone groups is 1. The van der Waals surface area contributed by atoms with E-state index in [0.717, 1.165) is 22.6 Å². The van der Waals surface area contributed by atoms with Crippen LogP contribution >= 0.6 is 23.2 Å². The third-order valence-corrected chi connectivity index (χ3v) is 5.05. The van der Waals surface area contributed by atoms with Gasteiger partial charge in [-0.25, -0.2) is 15.0 Å². The third kappa shape index (κ3) is 4.64. The third-order valence-electron chi connectivity index (χ3n) is 4.40. The normalized spacial score (nSPS) is 10.9. The molecule has 3 aromatic rings. The number of hydrogen-bond acceptors (Lipinski definition) is 3. The van der Waals surface area contributed by atoms with Crippen molar-refractivity contribution in [2.45, 2.75) is 13.8 Å². The Morgan fingerprint density at radius 2 is 1.80 bits per heavy atom. The van der Waals surface area contributed by atoms with Gasteiger partial charge in [-0.3, -0.25) is 0 Å². The van der Waals surface area contributed by atoms with E-state index in [1.54, 1.807) is 36.4 Å². The van der Waals surface area contributed by atoms with Crippen molar-refractivity contribution in [1.82, 2.24) is 9.99 Å². The summed E-state index contributed by atoms with van der Waals surface area (Å²) < 4.78 is 1.92. The van der Waals surface area contributed by atoms with E-state index in [2.05, 4.69) is 15.8 Å². The van der Waals surface area contributed by atoms with Gasteiger partial charge < -0.3 is 15.0 Å². The number of amides is 2. The fraction of sp³-hybridized carbons (Fsp3) is 0.0952. The van der Waals surface area contributed by atoms with Gasteiger partial charge in [0.15, 0.2) is 0 Å². The average molecular weight is 445 g/mol. The molecule has 1 heterocycles. The molecule has 0 unspecified atom stereocenters. The van der Waals surface area contributed by atoms with Crippen LogP contribution in [0.15, 0.2) is 53.6 Å². The maximum Gasteiger partial charge on any atom is 0.339 e. The van der Waals surface area contributed by atoms with Crippen LogP contribution in [-0.4, -0.2) is 27.9 Å². The zero-order chi connectivity index (χ0) is 21.8. The fourth-order valence-electron chi connectivity index (χ4n) is 3.01. The summed E-state index contributed by atoms with van der Waals surface area (Å²) in [6.07, 6.45) is 1.53. The van der Waals surface area contributed by atoms with Crippen molar-refractivity contribution in [3.63, 3.8) is 0 Å². The second-order valence-corrected chi connectivity index (χ2v) is 7.25. The Morgan fingerprint density at radius 1 is 1.07 bits per heavy atom. The molecule has 0 atom stereocenters. The fourth-order valence-corrected chi connectivity index (χ4v) is 3.44.